The minimum absolute atomic E-state index is 0.0872. The second-order valence-electron chi connectivity index (χ2n) is 10.0. The normalized spacial score (nSPS) is 22.8. The predicted octanol–water partition coefficient (Wildman–Crippen LogP) is 5.31. The SMILES string of the molecule is CSc1nc2c(F)c(Br)c(CCC#N)cc2c2c1cc(CN1CCCC1=O)n2[C@H]1[C@@H]2C[C@H]1N(C(=O)O)C2. The third-order valence-corrected chi connectivity index (χ3v) is 9.65. The van der Waals surface area contributed by atoms with E-state index >= 15 is 4.39 Å². The molecule has 3 atom stereocenters. The zero-order valence-corrected chi connectivity index (χ0v) is 22.6. The highest BCUT2D eigenvalue weighted by Gasteiger charge is 2.55. The van der Waals surface area contributed by atoms with E-state index in [2.05, 4.69) is 32.6 Å². The molecule has 7 rings (SSSR count). The largest absolute Gasteiger partial charge is 0.465 e. The summed E-state index contributed by atoms with van der Waals surface area (Å²) in [6, 6.07) is 5.85. The number of nitrogens with zero attached hydrogens (tertiary/aromatic N) is 5. The summed E-state index contributed by atoms with van der Waals surface area (Å²) < 4.78 is 18.2. The Morgan fingerprint density at radius 1 is 1.38 bits per heavy atom. The monoisotopic (exact) mass is 585 g/mol. The lowest BCUT2D eigenvalue weighted by Crippen LogP contribution is -2.43. The lowest BCUT2D eigenvalue weighted by Gasteiger charge is -2.39. The van der Waals surface area contributed by atoms with Gasteiger partial charge in [-0.2, -0.15) is 5.26 Å². The quantitative estimate of drug-likeness (QED) is 0.393. The Morgan fingerprint density at radius 3 is 2.84 bits per heavy atom. The van der Waals surface area contributed by atoms with Crippen molar-refractivity contribution in [1.29, 1.82) is 5.26 Å². The van der Waals surface area contributed by atoms with Crippen LogP contribution in [0.4, 0.5) is 9.18 Å². The van der Waals surface area contributed by atoms with Crippen molar-refractivity contribution >= 4 is 61.5 Å². The number of pyridine rings is 1. The predicted molar refractivity (Wildman–Crippen MR) is 141 cm³/mol. The minimum atomic E-state index is -0.923. The van der Waals surface area contributed by atoms with Crippen molar-refractivity contribution in [2.24, 2.45) is 5.92 Å². The first-order valence-electron chi connectivity index (χ1n) is 12.4. The molecule has 8 nitrogen and oxygen atoms in total. The molecule has 2 amide bonds. The van der Waals surface area contributed by atoms with Crippen LogP contribution < -0.4 is 0 Å². The van der Waals surface area contributed by atoms with E-state index in [4.69, 9.17) is 10.2 Å². The van der Waals surface area contributed by atoms with E-state index in [1.807, 2.05) is 17.2 Å². The van der Waals surface area contributed by atoms with Crippen molar-refractivity contribution in [2.45, 2.75) is 55.8 Å². The fourth-order valence-corrected chi connectivity index (χ4v) is 7.44. The Bertz CT molecular complexity index is 1520. The van der Waals surface area contributed by atoms with E-state index in [1.54, 1.807) is 0 Å². The standard InChI is InChI=1S/C26H25BrFN5O3S/c1-37-25-17-10-15(12-31-7-3-5-19(31)34)33(23-14-9-18(23)32(11-14)26(35)36)24(17)16-8-13(4-2-6-29)20(27)21(28)22(16)30-25/h8,10,14,18,23H,2-5,7,9,11-12H2,1H3,(H,35,36)/t14-,18-,23+/m1/s1. The first-order valence-corrected chi connectivity index (χ1v) is 14.4. The number of thioether (sulfide) groups is 1. The van der Waals surface area contributed by atoms with Crippen LogP contribution in [0.15, 0.2) is 21.6 Å². The molecule has 11 heteroatoms. The van der Waals surface area contributed by atoms with E-state index in [-0.39, 0.29) is 35.8 Å². The van der Waals surface area contributed by atoms with E-state index in [9.17, 15) is 14.7 Å². The highest BCUT2D eigenvalue weighted by molar-refractivity contribution is 9.10. The molecule has 0 spiro atoms. The van der Waals surface area contributed by atoms with Gasteiger partial charge >= 0.3 is 6.09 Å². The Hall–Kier alpha value is -2.84. The summed E-state index contributed by atoms with van der Waals surface area (Å²) in [5, 5.41) is 21.1. The maximum Gasteiger partial charge on any atom is 0.407 e. The molecule has 4 aliphatic rings. The molecule has 3 saturated heterocycles. The molecule has 3 aliphatic heterocycles. The summed E-state index contributed by atoms with van der Waals surface area (Å²) in [4.78, 5) is 32.5. The summed E-state index contributed by atoms with van der Waals surface area (Å²) in [5.74, 6) is -0.193. The van der Waals surface area contributed by atoms with Gasteiger partial charge in [0.1, 0.15) is 10.5 Å². The van der Waals surface area contributed by atoms with Crippen LogP contribution in [0.25, 0.3) is 21.8 Å². The Morgan fingerprint density at radius 2 is 2.19 bits per heavy atom. The number of fused-ring (bicyclic) bond motifs is 4. The molecule has 1 N–H and O–H groups in total. The molecule has 0 radical (unpaired) electrons. The first kappa shape index (κ1) is 24.5. The fraction of sp³-hybridized carbons (Fsp3) is 0.462. The van der Waals surface area contributed by atoms with Crippen LogP contribution in [-0.4, -0.2) is 61.8 Å². The van der Waals surface area contributed by atoms with Crippen LogP contribution in [0.1, 0.15) is 43.0 Å². The lowest BCUT2D eigenvalue weighted by atomic mass is 9.79. The number of aryl methyl sites for hydroxylation is 1. The van der Waals surface area contributed by atoms with Crippen LogP contribution in [0.2, 0.25) is 0 Å². The topological polar surface area (TPSA) is 102 Å². The average Bonchev–Trinajstić information content (AvgIpc) is 3.64. The number of hydrogen-bond acceptors (Lipinski definition) is 5. The number of halogens is 2. The van der Waals surface area contributed by atoms with Crippen molar-refractivity contribution < 1.29 is 19.1 Å². The summed E-state index contributed by atoms with van der Waals surface area (Å²) in [7, 11) is 0. The third-order valence-electron chi connectivity index (χ3n) is 8.09. The van der Waals surface area contributed by atoms with Gasteiger partial charge in [0.05, 0.1) is 34.7 Å². The number of carboxylic acid groups (broad SMARTS) is 1. The zero-order valence-electron chi connectivity index (χ0n) is 20.2. The lowest BCUT2D eigenvalue weighted by molar-refractivity contribution is -0.128. The third kappa shape index (κ3) is 3.71. The van der Waals surface area contributed by atoms with Gasteiger partial charge in [0.25, 0.3) is 0 Å². The number of nitriles is 1. The first-order chi connectivity index (χ1) is 17.8. The number of likely N-dealkylation sites (tertiary alicyclic amines) is 1. The molecule has 1 aliphatic carbocycles. The highest BCUT2D eigenvalue weighted by Crippen LogP contribution is 2.52. The van der Waals surface area contributed by atoms with Crippen LogP contribution in [0.3, 0.4) is 0 Å². The van der Waals surface area contributed by atoms with Crippen LogP contribution in [-0.2, 0) is 17.8 Å². The van der Waals surface area contributed by atoms with Crippen molar-refractivity contribution in [3.05, 3.63) is 33.7 Å². The molecule has 2 bridgehead atoms. The summed E-state index contributed by atoms with van der Waals surface area (Å²) >= 11 is 4.82. The van der Waals surface area contributed by atoms with Crippen LogP contribution in [0, 0.1) is 23.1 Å². The van der Waals surface area contributed by atoms with E-state index in [0.717, 1.165) is 29.4 Å². The molecule has 5 heterocycles. The Kier molecular flexibility index (Phi) is 6.07. The van der Waals surface area contributed by atoms with Gasteiger partial charge in [-0.15, -0.1) is 11.8 Å². The number of carbonyl (C=O) groups is 2. The van der Waals surface area contributed by atoms with E-state index in [1.165, 1.54) is 16.7 Å². The molecule has 1 aromatic carbocycles. The van der Waals surface area contributed by atoms with Gasteiger partial charge < -0.3 is 19.5 Å². The fourth-order valence-electron chi connectivity index (χ4n) is 6.39. The van der Waals surface area contributed by atoms with Gasteiger partial charge in [-0.05, 0) is 59.1 Å². The summed E-state index contributed by atoms with van der Waals surface area (Å²) in [5.41, 5.74) is 2.69. The van der Waals surface area contributed by atoms with Gasteiger partial charge in [-0.1, -0.05) is 0 Å². The molecule has 192 valence electrons. The molecular weight excluding hydrogens is 561 g/mol. The summed E-state index contributed by atoms with van der Waals surface area (Å²) in [6.45, 7) is 1.58. The van der Waals surface area contributed by atoms with Gasteiger partial charge in [-0.25, -0.2) is 14.2 Å². The summed E-state index contributed by atoms with van der Waals surface area (Å²) in [6.07, 6.45) is 3.78. The van der Waals surface area contributed by atoms with Crippen molar-refractivity contribution in [3.8, 4) is 6.07 Å². The maximum atomic E-state index is 15.7. The maximum absolute atomic E-state index is 15.7. The minimum Gasteiger partial charge on any atom is -0.465 e. The van der Waals surface area contributed by atoms with Crippen molar-refractivity contribution in [2.75, 3.05) is 19.3 Å². The van der Waals surface area contributed by atoms with Gasteiger partial charge in [-0.3, -0.25) is 4.79 Å². The number of hydrogen-bond donors (Lipinski definition) is 1. The van der Waals surface area contributed by atoms with E-state index < -0.39 is 11.9 Å². The number of amides is 2. The molecular formula is C26H25BrFN5O3S. The second kappa shape index (κ2) is 9.17. The van der Waals surface area contributed by atoms with Crippen molar-refractivity contribution in [1.82, 2.24) is 19.4 Å². The number of rotatable bonds is 6. The number of benzene rings is 1. The zero-order chi connectivity index (χ0) is 26.0. The second-order valence-corrected chi connectivity index (χ2v) is 11.6. The number of carbonyl (C=O) groups excluding carboxylic acids is 1. The van der Waals surface area contributed by atoms with Gasteiger partial charge in [0, 0.05) is 48.3 Å². The Labute approximate surface area is 225 Å². The average molecular weight is 586 g/mol. The molecule has 4 fully saturated rings. The molecule has 2 aromatic heterocycles. The molecule has 37 heavy (non-hydrogen) atoms. The molecule has 3 aromatic rings. The van der Waals surface area contributed by atoms with Crippen LogP contribution in [0.5, 0.6) is 0 Å². The molecule has 1 saturated carbocycles. The van der Waals surface area contributed by atoms with Gasteiger partial charge in [0.15, 0.2) is 5.82 Å². The molecule has 0 unspecified atom stereocenters. The Balaban J connectivity index is 1.63. The highest BCUT2D eigenvalue weighted by atomic mass is 79.9. The van der Waals surface area contributed by atoms with Gasteiger partial charge in [0.2, 0.25) is 5.91 Å². The van der Waals surface area contributed by atoms with E-state index in [0.29, 0.717) is 52.9 Å². The smallest absolute Gasteiger partial charge is 0.407 e. The number of aromatic nitrogens is 2. The van der Waals surface area contributed by atoms with Crippen LogP contribution >= 0.6 is 27.7 Å². The van der Waals surface area contributed by atoms with Crippen molar-refractivity contribution in [3.63, 3.8) is 0 Å².